The summed E-state index contributed by atoms with van der Waals surface area (Å²) in [6.45, 7) is 4.88. The number of carbonyl (C=O) groups excluding carboxylic acids is 1. The van der Waals surface area contributed by atoms with Crippen LogP contribution >= 0.6 is 0 Å². The monoisotopic (exact) mass is 358 g/mol. The first kappa shape index (κ1) is 18.3. The summed E-state index contributed by atoms with van der Waals surface area (Å²) < 4.78 is 13.2. The van der Waals surface area contributed by atoms with E-state index in [-0.39, 0.29) is 18.6 Å². The molecule has 0 bridgehead atoms. The summed E-state index contributed by atoms with van der Waals surface area (Å²) in [6, 6.07) is 7.29. The molecule has 1 aromatic carbocycles. The van der Waals surface area contributed by atoms with Gasteiger partial charge in [-0.25, -0.2) is 4.98 Å². The Hall–Kier alpha value is -2.54. The molecule has 140 valence electrons. The molecule has 1 atom stereocenters. The van der Waals surface area contributed by atoms with Gasteiger partial charge in [0.25, 0.3) is 5.91 Å². The van der Waals surface area contributed by atoms with E-state index in [1.807, 2.05) is 47.0 Å². The third-order valence-corrected chi connectivity index (χ3v) is 4.38. The van der Waals surface area contributed by atoms with Crippen molar-refractivity contribution >= 4 is 5.91 Å². The van der Waals surface area contributed by atoms with Gasteiger partial charge in [-0.1, -0.05) is 6.92 Å². The molecule has 0 saturated carbocycles. The fourth-order valence-electron chi connectivity index (χ4n) is 3.01. The van der Waals surface area contributed by atoms with E-state index < -0.39 is 0 Å². The number of hydrogen-bond acceptors (Lipinski definition) is 5. The van der Waals surface area contributed by atoms with Gasteiger partial charge in [0.2, 0.25) is 0 Å². The molecule has 1 aliphatic rings. The summed E-state index contributed by atoms with van der Waals surface area (Å²) in [5.41, 5.74) is 0. The number of imidazole rings is 1. The van der Waals surface area contributed by atoms with Crippen LogP contribution in [0.2, 0.25) is 0 Å². The highest BCUT2D eigenvalue weighted by Gasteiger charge is 2.30. The molecule has 1 fully saturated rings. The molecule has 1 unspecified atom stereocenters. The zero-order valence-corrected chi connectivity index (χ0v) is 15.4. The third kappa shape index (κ3) is 4.35. The minimum absolute atomic E-state index is 0.0100. The van der Waals surface area contributed by atoms with Crippen LogP contribution in [0, 0.1) is 0 Å². The molecule has 26 heavy (non-hydrogen) atoms. The predicted octanol–water partition coefficient (Wildman–Crippen LogP) is 1.76. The number of ether oxygens (including phenoxy) is 2. The minimum atomic E-state index is -0.0790. The topological polar surface area (TPSA) is 68.6 Å². The number of hydrogen-bond donors (Lipinski definition) is 1. The fourth-order valence-corrected chi connectivity index (χ4v) is 3.01. The first-order chi connectivity index (χ1) is 12.7. The van der Waals surface area contributed by atoms with Crippen molar-refractivity contribution in [1.82, 2.24) is 19.8 Å². The SMILES string of the molecule is CCCOc1ccc(OCC(=O)N2CCNCC2c2nccn2C)cc1. The number of aromatic nitrogens is 2. The van der Waals surface area contributed by atoms with Crippen LogP contribution in [-0.2, 0) is 11.8 Å². The Kier molecular flexibility index (Phi) is 6.12. The van der Waals surface area contributed by atoms with E-state index in [0.717, 1.165) is 24.5 Å². The second-order valence-corrected chi connectivity index (χ2v) is 6.31. The maximum Gasteiger partial charge on any atom is 0.261 e. The fraction of sp³-hybridized carbons (Fsp3) is 0.474. The van der Waals surface area contributed by atoms with Gasteiger partial charge in [0, 0.05) is 39.1 Å². The number of nitrogens with zero attached hydrogens (tertiary/aromatic N) is 3. The van der Waals surface area contributed by atoms with Crippen LogP contribution in [0.3, 0.4) is 0 Å². The summed E-state index contributed by atoms with van der Waals surface area (Å²) in [5, 5.41) is 3.33. The Balaban J connectivity index is 1.58. The first-order valence-corrected chi connectivity index (χ1v) is 9.02. The summed E-state index contributed by atoms with van der Waals surface area (Å²) in [4.78, 5) is 19.0. The molecular weight excluding hydrogens is 332 g/mol. The van der Waals surface area contributed by atoms with Crippen LogP contribution in [0.4, 0.5) is 0 Å². The quantitative estimate of drug-likeness (QED) is 0.817. The van der Waals surface area contributed by atoms with E-state index in [4.69, 9.17) is 9.47 Å². The largest absolute Gasteiger partial charge is 0.494 e. The predicted molar refractivity (Wildman–Crippen MR) is 98.3 cm³/mol. The highest BCUT2D eigenvalue weighted by Crippen LogP contribution is 2.22. The van der Waals surface area contributed by atoms with Crippen molar-refractivity contribution in [3.05, 3.63) is 42.5 Å². The molecule has 2 aromatic rings. The van der Waals surface area contributed by atoms with Gasteiger partial charge in [-0.3, -0.25) is 4.79 Å². The Labute approximate surface area is 153 Å². The molecule has 1 N–H and O–H groups in total. The molecule has 1 saturated heterocycles. The molecule has 1 aliphatic heterocycles. The van der Waals surface area contributed by atoms with Crippen LogP contribution in [0.15, 0.2) is 36.7 Å². The van der Waals surface area contributed by atoms with Crippen molar-refractivity contribution in [3.8, 4) is 11.5 Å². The molecule has 7 nitrogen and oxygen atoms in total. The summed E-state index contributed by atoms with van der Waals surface area (Å²) in [6.07, 6.45) is 4.62. The zero-order chi connectivity index (χ0) is 18.4. The number of carbonyl (C=O) groups is 1. The molecule has 0 radical (unpaired) electrons. The maximum absolute atomic E-state index is 12.7. The van der Waals surface area contributed by atoms with Gasteiger partial charge in [0.15, 0.2) is 6.61 Å². The first-order valence-electron chi connectivity index (χ1n) is 9.02. The number of benzene rings is 1. The zero-order valence-electron chi connectivity index (χ0n) is 15.4. The van der Waals surface area contributed by atoms with Gasteiger partial charge < -0.3 is 24.3 Å². The van der Waals surface area contributed by atoms with E-state index in [1.165, 1.54) is 0 Å². The van der Waals surface area contributed by atoms with Gasteiger partial charge in [0.05, 0.1) is 6.61 Å². The van der Waals surface area contributed by atoms with Gasteiger partial charge in [-0.2, -0.15) is 0 Å². The standard InChI is InChI=1S/C19H26N4O3/c1-3-12-25-15-4-6-16(7-5-15)26-14-18(24)23-11-8-20-13-17(23)19-21-9-10-22(19)2/h4-7,9-10,17,20H,3,8,11-14H2,1-2H3. The molecule has 0 spiro atoms. The molecule has 1 amide bonds. The van der Waals surface area contributed by atoms with E-state index in [9.17, 15) is 4.79 Å². The molecular formula is C19H26N4O3. The molecule has 3 rings (SSSR count). The molecule has 0 aliphatic carbocycles. The smallest absolute Gasteiger partial charge is 0.261 e. The Bertz CT molecular complexity index is 714. The van der Waals surface area contributed by atoms with Crippen molar-refractivity contribution in [3.63, 3.8) is 0 Å². The van der Waals surface area contributed by atoms with Crippen molar-refractivity contribution in [2.75, 3.05) is 32.8 Å². The number of piperazine rings is 1. The van der Waals surface area contributed by atoms with Gasteiger partial charge >= 0.3 is 0 Å². The van der Waals surface area contributed by atoms with Crippen molar-refractivity contribution in [1.29, 1.82) is 0 Å². The number of rotatable bonds is 7. The van der Waals surface area contributed by atoms with E-state index in [2.05, 4.69) is 17.2 Å². The summed E-state index contributed by atoms with van der Waals surface area (Å²) >= 11 is 0. The van der Waals surface area contributed by atoms with E-state index >= 15 is 0 Å². The van der Waals surface area contributed by atoms with Gasteiger partial charge in [-0.15, -0.1) is 0 Å². The maximum atomic E-state index is 12.7. The van der Waals surface area contributed by atoms with Crippen molar-refractivity contribution < 1.29 is 14.3 Å². The molecule has 1 aromatic heterocycles. The lowest BCUT2D eigenvalue weighted by molar-refractivity contribution is -0.137. The lowest BCUT2D eigenvalue weighted by Gasteiger charge is -2.35. The van der Waals surface area contributed by atoms with E-state index in [1.54, 1.807) is 6.20 Å². The average Bonchev–Trinajstić information content (AvgIpc) is 3.11. The Morgan fingerprint density at radius 2 is 2.00 bits per heavy atom. The van der Waals surface area contributed by atoms with Crippen LogP contribution in [-0.4, -0.2) is 53.2 Å². The molecule has 2 heterocycles. The number of nitrogens with one attached hydrogen (secondary N) is 1. The number of aryl methyl sites for hydroxylation is 1. The van der Waals surface area contributed by atoms with Gasteiger partial charge in [-0.05, 0) is 30.7 Å². The van der Waals surface area contributed by atoms with Crippen LogP contribution < -0.4 is 14.8 Å². The van der Waals surface area contributed by atoms with Crippen LogP contribution in [0.25, 0.3) is 0 Å². The van der Waals surface area contributed by atoms with Crippen LogP contribution in [0.1, 0.15) is 25.2 Å². The van der Waals surface area contributed by atoms with Crippen LogP contribution in [0.5, 0.6) is 11.5 Å². The third-order valence-electron chi connectivity index (χ3n) is 4.38. The lowest BCUT2D eigenvalue weighted by atomic mass is 10.1. The van der Waals surface area contributed by atoms with Crippen molar-refractivity contribution in [2.24, 2.45) is 7.05 Å². The number of amides is 1. The van der Waals surface area contributed by atoms with E-state index in [0.29, 0.717) is 25.4 Å². The Morgan fingerprint density at radius 3 is 2.65 bits per heavy atom. The summed E-state index contributed by atoms with van der Waals surface area (Å²) in [5.74, 6) is 2.31. The molecule has 7 heteroatoms. The van der Waals surface area contributed by atoms with Gasteiger partial charge in [0.1, 0.15) is 23.4 Å². The van der Waals surface area contributed by atoms with Crippen molar-refractivity contribution in [2.45, 2.75) is 19.4 Å². The highest BCUT2D eigenvalue weighted by atomic mass is 16.5. The lowest BCUT2D eigenvalue weighted by Crippen LogP contribution is -2.50. The second-order valence-electron chi connectivity index (χ2n) is 6.31. The Morgan fingerprint density at radius 1 is 1.27 bits per heavy atom. The normalized spacial score (nSPS) is 17.2. The highest BCUT2D eigenvalue weighted by molar-refractivity contribution is 5.78. The average molecular weight is 358 g/mol. The second kappa shape index (κ2) is 8.71. The summed E-state index contributed by atoms with van der Waals surface area (Å²) in [7, 11) is 1.94. The minimum Gasteiger partial charge on any atom is -0.494 e.